The van der Waals surface area contributed by atoms with Gasteiger partial charge in [0.2, 0.25) is 0 Å². The highest BCUT2D eigenvalue weighted by Gasteiger charge is 2.34. The standard InChI is InChI=1S/C15H20O3/c16-11-15(8-6-14(17)7-9-15)12-18-10-13-4-2-1-3-5-13/h1-5,11,14,17H,6-10,12H2/t14-,15+. The molecule has 18 heavy (non-hydrogen) atoms. The molecule has 0 aliphatic heterocycles. The summed E-state index contributed by atoms with van der Waals surface area (Å²) in [6.07, 6.45) is 3.64. The van der Waals surface area contributed by atoms with Gasteiger partial charge in [-0.2, -0.15) is 0 Å². The van der Waals surface area contributed by atoms with E-state index in [9.17, 15) is 9.90 Å². The van der Waals surface area contributed by atoms with Gasteiger partial charge in [0.25, 0.3) is 0 Å². The molecule has 98 valence electrons. The van der Waals surface area contributed by atoms with Gasteiger partial charge in [-0.15, -0.1) is 0 Å². The second-order valence-electron chi connectivity index (χ2n) is 5.19. The van der Waals surface area contributed by atoms with Gasteiger partial charge >= 0.3 is 0 Å². The summed E-state index contributed by atoms with van der Waals surface area (Å²) >= 11 is 0. The molecule has 1 N–H and O–H groups in total. The van der Waals surface area contributed by atoms with Crippen LogP contribution < -0.4 is 0 Å². The average molecular weight is 248 g/mol. The Morgan fingerprint density at radius 3 is 2.56 bits per heavy atom. The van der Waals surface area contributed by atoms with E-state index in [-0.39, 0.29) is 11.5 Å². The van der Waals surface area contributed by atoms with Crippen molar-refractivity contribution in [3.05, 3.63) is 35.9 Å². The van der Waals surface area contributed by atoms with E-state index in [2.05, 4.69) is 0 Å². The fourth-order valence-electron chi connectivity index (χ4n) is 2.42. The molecule has 1 fully saturated rings. The SMILES string of the molecule is O=C[C@]1(COCc2ccccc2)CC[C@@H](O)CC1. The molecule has 0 unspecified atom stereocenters. The van der Waals surface area contributed by atoms with E-state index in [1.165, 1.54) is 0 Å². The van der Waals surface area contributed by atoms with Crippen molar-refractivity contribution in [2.45, 2.75) is 38.4 Å². The Morgan fingerprint density at radius 1 is 1.28 bits per heavy atom. The molecule has 0 atom stereocenters. The Balaban J connectivity index is 1.82. The Morgan fingerprint density at radius 2 is 1.94 bits per heavy atom. The van der Waals surface area contributed by atoms with E-state index in [4.69, 9.17) is 4.74 Å². The van der Waals surface area contributed by atoms with Gasteiger partial charge in [-0.05, 0) is 31.2 Å². The zero-order valence-electron chi connectivity index (χ0n) is 10.5. The fourth-order valence-corrected chi connectivity index (χ4v) is 2.42. The summed E-state index contributed by atoms with van der Waals surface area (Å²) in [7, 11) is 0. The number of ether oxygens (including phenoxy) is 1. The number of aldehydes is 1. The third-order valence-corrected chi connectivity index (χ3v) is 3.70. The summed E-state index contributed by atoms with van der Waals surface area (Å²) in [5.74, 6) is 0. The second-order valence-corrected chi connectivity index (χ2v) is 5.19. The number of carbonyl (C=O) groups excluding carboxylic acids is 1. The summed E-state index contributed by atoms with van der Waals surface area (Å²) in [6.45, 7) is 0.997. The summed E-state index contributed by atoms with van der Waals surface area (Å²) in [5, 5.41) is 9.48. The van der Waals surface area contributed by atoms with Crippen LogP contribution >= 0.6 is 0 Å². The van der Waals surface area contributed by atoms with Gasteiger partial charge in [-0.25, -0.2) is 0 Å². The van der Waals surface area contributed by atoms with E-state index in [1.54, 1.807) is 0 Å². The van der Waals surface area contributed by atoms with Crippen molar-refractivity contribution in [2.75, 3.05) is 6.61 Å². The molecule has 1 aliphatic rings. The summed E-state index contributed by atoms with van der Waals surface area (Å²) < 4.78 is 5.68. The molecule has 0 heterocycles. The van der Waals surface area contributed by atoms with E-state index in [0.717, 1.165) is 24.7 Å². The highest BCUT2D eigenvalue weighted by Crippen LogP contribution is 2.35. The van der Waals surface area contributed by atoms with Crippen LogP contribution in [0.2, 0.25) is 0 Å². The highest BCUT2D eigenvalue weighted by molar-refractivity contribution is 5.59. The van der Waals surface area contributed by atoms with Gasteiger partial charge in [-0.1, -0.05) is 30.3 Å². The molecule has 0 aromatic heterocycles. The van der Waals surface area contributed by atoms with Crippen LogP contribution in [0.3, 0.4) is 0 Å². The molecule has 3 nitrogen and oxygen atoms in total. The third kappa shape index (κ3) is 3.40. The minimum absolute atomic E-state index is 0.243. The van der Waals surface area contributed by atoms with Crippen LogP contribution in [0.15, 0.2) is 30.3 Å². The Hall–Kier alpha value is -1.19. The first-order chi connectivity index (χ1) is 8.74. The van der Waals surface area contributed by atoms with Crippen LogP contribution in [0.25, 0.3) is 0 Å². The van der Waals surface area contributed by atoms with Gasteiger partial charge in [0.15, 0.2) is 0 Å². The minimum Gasteiger partial charge on any atom is -0.393 e. The minimum atomic E-state index is -0.381. The first-order valence-electron chi connectivity index (χ1n) is 6.50. The van der Waals surface area contributed by atoms with Crippen molar-refractivity contribution in [1.29, 1.82) is 0 Å². The van der Waals surface area contributed by atoms with Crippen molar-refractivity contribution in [1.82, 2.24) is 0 Å². The maximum absolute atomic E-state index is 11.3. The van der Waals surface area contributed by atoms with Gasteiger partial charge in [0, 0.05) is 5.41 Å². The molecule has 1 saturated carbocycles. The number of aliphatic hydroxyl groups excluding tert-OH is 1. The Bertz CT molecular complexity index is 367. The van der Waals surface area contributed by atoms with Crippen molar-refractivity contribution in [3.8, 4) is 0 Å². The van der Waals surface area contributed by atoms with Crippen LogP contribution in [0, 0.1) is 5.41 Å². The lowest BCUT2D eigenvalue weighted by Gasteiger charge is -2.33. The van der Waals surface area contributed by atoms with Crippen LogP contribution in [0.4, 0.5) is 0 Å². The van der Waals surface area contributed by atoms with Crippen LogP contribution in [0.1, 0.15) is 31.2 Å². The number of hydrogen-bond donors (Lipinski definition) is 1. The lowest BCUT2D eigenvalue weighted by molar-refractivity contribution is -0.124. The number of benzene rings is 1. The molecule has 1 aliphatic carbocycles. The quantitative estimate of drug-likeness (QED) is 0.813. The van der Waals surface area contributed by atoms with E-state index < -0.39 is 0 Å². The molecule has 3 heteroatoms. The normalized spacial score (nSPS) is 27.9. The monoisotopic (exact) mass is 248 g/mol. The van der Waals surface area contributed by atoms with Gasteiger partial charge in [-0.3, -0.25) is 0 Å². The zero-order chi connectivity index (χ0) is 12.8. The molecule has 0 saturated heterocycles. The van der Waals surface area contributed by atoms with Gasteiger partial charge < -0.3 is 14.6 Å². The molecule has 1 aromatic carbocycles. The number of hydrogen-bond acceptors (Lipinski definition) is 3. The van der Waals surface area contributed by atoms with Crippen molar-refractivity contribution in [2.24, 2.45) is 5.41 Å². The number of rotatable bonds is 5. The predicted molar refractivity (Wildman–Crippen MR) is 69.1 cm³/mol. The molecule has 0 amide bonds. The third-order valence-electron chi connectivity index (χ3n) is 3.70. The number of carbonyl (C=O) groups is 1. The van der Waals surface area contributed by atoms with E-state index in [0.29, 0.717) is 26.1 Å². The largest absolute Gasteiger partial charge is 0.393 e. The lowest BCUT2D eigenvalue weighted by atomic mass is 9.75. The van der Waals surface area contributed by atoms with Crippen molar-refractivity contribution in [3.63, 3.8) is 0 Å². The first kappa shape index (κ1) is 13.2. The van der Waals surface area contributed by atoms with Crippen molar-refractivity contribution < 1.29 is 14.6 Å². The van der Waals surface area contributed by atoms with Crippen molar-refractivity contribution >= 4 is 6.29 Å². The van der Waals surface area contributed by atoms with Gasteiger partial charge in [0.05, 0.1) is 19.3 Å². The molecule has 1 aromatic rings. The number of aliphatic hydroxyl groups is 1. The molecule has 2 rings (SSSR count). The molecule has 0 spiro atoms. The smallest absolute Gasteiger partial charge is 0.128 e. The second kappa shape index (κ2) is 6.12. The van der Waals surface area contributed by atoms with Crippen LogP contribution in [-0.4, -0.2) is 24.1 Å². The fraction of sp³-hybridized carbons (Fsp3) is 0.533. The molecule has 0 radical (unpaired) electrons. The molecular formula is C15H20O3. The highest BCUT2D eigenvalue weighted by atomic mass is 16.5. The summed E-state index contributed by atoms with van der Waals surface area (Å²) in [6, 6.07) is 9.95. The molecular weight excluding hydrogens is 228 g/mol. The van der Waals surface area contributed by atoms with Gasteiger partial charge in [0.1, 0.15) is 6.29 Å². The van der Waals surface area contributed by atoms with E-state index in [1.807, 2.05) is 30.3 Å². The first-order valence-corrected chi connectivity index (χ1v) is 6.50. The average Bonchev–Trinajstić information content (AvgIpc) is 2.43. The van der Waals surface area contributed by atoms with E-state index >= 15 is 0 Å². The lowest BCUT2D eigenvalue weighted by Crippen LogP contribution is -2.35. The summed E-state index contributed by atoms with van der Waals surface area (Å²) in [5.41, 5.74) is 0.739. The summed E-state index contributed by atoms with van der Waals surface area (Å²) in [4.78, 5) is 11.3. The maximum atomic E-state index is 11.3. The molecule has 0 bridgehead atoms. The topological polar surface area (TPSA) is 46.5 Å². The Labute approximate surface area is 108 Å². The predicted octanol–water partition coefficient (Wildman–Crippen LogP) is 2.32. The van der Waals surface area contributed by atoms with Crippen LogP contribution in [0.5, 0.6) is 0 Å². The maximum Gasteiger partial charge on any atom is 0.128 e. The van der Waals surface area contributed by atoms with Crippen LogP contribution in [-0.2, 0) is 16.1 Å². The Kier molecular flexibility index (Phi) is 4.50. The zero-order valence-corrected chi connectivity index (χ0v) is 10.5.